The first-order valence-corrected chi connectivity index (χ1v) is 1.55. The van der Waals surface area contributed by atoms with Crippen molar-refractivity contribution in [2.24, 2.45) is 4.99 Å². The van der Waals surface area contributed by atoms with Gasteiger partial charge in [-0.1, -0.05) is 6.58 Å². The van der Waals surface area contributed by atoms with E-state index in [4.69, 9.17) is 5.41 Å². The molecule has 2 heteroatoms. The van der Waals surface area contributed by atoms with Gasteiger partial charge in [0.1, 0.15) is 0 Å². The maximum absolute atomic E-state index is 6.38. The summed E-state index contributed by atoms with van der Waals surface area (Å²) in [6, 6.07) is 0. The molecule has 0 rings (SSSR count). The predicted octanol–water partition coefficient (Wildman–Crippen LogP) is 0.850. The highest BCUT2D eigenvalue weighted by Crippen LogP contribution is 1.56. The van der Waals surface area contributed by atoms with Crippen molar-refractivity contribution in [1.82, 2.24) is 0 Å². The van der Waals surface area contributed by atoms with Gasteiger partial charge in [0.15, 0.2) is 0 Å². The molecule has 0 radical (unpaired) electrons. The van der Waals surface area contributed by atoms with E-state index in [0.717, 1.165) is 6.21 Å². The second-order valence-corrected chi connectivity index (χ2v) is 0.647. The molecule has 0 bridgehead atoms. The number of nitrogens with zero attached hydrogens (tertiary/aromatic N) is 1. The lowest BCUT2D eigenvalue weighted by molar-refractivity contribution is 1.58. The van der Waals surface area contributed by atoms with E-state index in [1.165, 1.54) is 12.4 Å². The van der Waals surface area contributed by atoms with E-state index >= 15 is 0 Å². The Hall–Kier alpha value is -0.920. The molecule has 0 aromatic rings. The molecule has 0 aliphatic carbocycles. The zero-order chi connectivity index (χ0) is 4.83. The minimum Gasteiger partial charge on any atom is -0.307 e. The summed E-state index contributed by atoms with van der Waals surface area (Å²) in [6.07, 6.45) is 3.83. The molecule has 0 aromatic carbocycles. The molecule has 0 unspecified atom stereocenters. The lowest BCUT2D eigenvalue weighted by atomic mass is 10.8. The van der Waals surface area contributed by atoms with Crippen LogP contribution in [0.4, 0.5) is 0 Å². The van der Waals surface area contributed by atoms with Crippen molar-refractivity contribution in [3.8, 4) is 0 Å². The van der Waals surface area contributed by atoms with Gasteiger partial charge < -0.3 is 5.41 Å². The quantitative estimate of drug-likeness (QED) is 0.479. The van der Waals surface area contributed by atoms with E-state index in [9.17, 15) is 0 Å². The average Bonchev–Trinajstić information content (AvgIpc) is 1.61. The van der Waals surface area contributed by atoms with Crippen LogP contribution in [0.15, 0.2) is 17.8 Å². The van der Waals surface area contributed by atoms with Crippen LogP contribution in [0.5, 0.6) is 0 Å². The Morgan fingerprint density at radius 1 is 1.67 bits per heavy atom. The smallest absolute Gasteiger partial charge is 0.0443 e. The van der Waals surface area contributed by atoms with Gasteiger partial charge in [0.05, 0.1) is 0 Å². The molecule has 0 fully saturated rings. The molecule has 32 valence electrons. The number of hydrogen-bond donors (Lipinski definition) is 1. The molecule has 0 atom stereocenters. The Balaban J connectivity index is 3.17. The minimum atomic E-state index is 1.10. The topological polar surface area (TPSA) is 36.2 Å². The zero-order valence-electron chi connectivity index (χ0n) is 3.39. The first-order valence-electron chi connectivity index (χ1n) is 1.55. The fourth-order valence-corrected chi connectivity index (χ4v) is 0.104. The number of aliphatic imine (C=N–C) groups is 1. The van der Waals surface area contributed by atoms with Crippen molar-refractivity contribution in [2.75, 3.05) is 0 Å². The van der Waals surface area contributed by atoms with Crippen molar-refractivity contribution in [3.63, 3.8) is 0 Å². The lowest BCUT2D eigenvalue weighted by Gasteiger charge is -1.61. The summed E-state index contributed by atoms with van der Waals surface area (Å²) in [6.45, 7) is 3.30. The van der Waals surface area contributed by atoms with Gasteiger partial charge in [0, 0.05) is 18.6 Å². The molecule has 0 aliphatic rings. The van der Waals surface area contributed by atoms with E-state index in [-0.39, 0.29) is 0 Å². The van der Waals surface area contributed by atoms with Gasteiger partial charge in [0.25, 0.3) is 0 Å². The van der Waals surface area contributed by atoms with Crippen LogP contribution in [-0.2, 0) is 0 Å². The third-order valence-corrected chi connectivity index (χ3v) is 0.266. The van der Waals surface area contributed by atoms with Crippen LogP contribution in [0.2, 0.25) is 0 Å². The SMILES string of the molecule is C=CN=CC=N. The molecule has 6 heavy (non-hydrogen) atoms. The molecule has 1 N–H and O–H groups in total. The van der Waals surface area contributed by atoms with E-state index < -0.39 is 0 Å². The first-order chi connectivity index (χ1) is 2.91. The Morgan fingerprint density at radius 2 is 2.33 bits per heavy atom. The van der Waals surface area contributed by atoms with Crippen molar-refractivity contribution < 1.29 is 0 Å². The third-order valence-electron chi connectivity index (χ3n) is 0.266. The first kappa shape index (κ1) is 5.08. The zero-order valence-corrected chi connectivity index (χ0v) is 3.39. The lowest BCUT2D eigenvalue weighted by Crippen LogP contribution is -1.64. The summed E-state index contributed by atoms with van der Waals surface area (Å²) in [5.41, 5.74) is 0. The highest BCUT2D eigenvalue weighted by Gasteiger charge is 1.48. The molecule has 0 saturated heterocycles. The monoisotopic (exact) mass is 82.1 g/mol. The average molecular weight is 82.1 g/mol. The Morgan fingerprint density at radius 3 is 2.50 bits per heavy atom. The molecular weight excluding hydrogens is 76.1 g/mol. The fourth-order valence-electron chi connectivity index (χ4n) is 0.104. The second kappa shape index (κ2) is 4.08. The van der Waals surface area contributed by atoms with Crippen LogP contribution in [0.3, 0.4) is 0 Å². The molecule has 2 nitrogen and oxygen atoms in total. The van der Waals surface area contributed by atoms with Crippen molar-refractivity contribution in [3.05, 3.63) is 12.8 Å². The Kier molecular flexibility index (Phi) is 3.45. The summed E-state index contributed by atoms with van der Waals surface area (Å²) < 4.78 is 0. The van der Waals surface area contributed by atoms with Crippen LogP contribution in [0, 0.1) is 5.41 Å². The standard InChI is InChI=1S/C4H6N2/c1-2-6-4-3-5/h2-5H,1H2. The van der Waals surface area contributed by atoms with Crippen LogP contribution < -0.4 is 0 Å². The molecule has 0 amide bonds. The Bertz CT molecular complexity index is 63.6. The van der Waals surface area contributed by atoms with Crippen LogP contribution in [0.1, 0.15) is 0 Å². The van der Waals surface area contributed by atoms with Crippen molar-refractivity contribution in [1.29, 1.82) is 5.41 Å². The van der Waals surface area contributed by atoms with Crippen molar-refractivity contribution >= 4 is 12.4 Å². The van der Waals surface area contributed by atoms with Gasteiger partial charge in [-0.2, -0.15) is 0 Å². The van der Waals surface area contributed by atoms with Gasteiger partial charge in [-0.3, -0.25) is 4.99 Å². The molecule has 0 heterocycles. The number of rotatable bonds is 2. The third kappa shape index (κ3) is 3.08. The second-order valence-electron chi connectivity index (χ2n) is 0.647. The number of hydrogen-bond acceptors (Lipinski definition) is 2. The summed E-state index contributed by atoms with van der Waals surface area (Å²) >= 11 is 0. The molecule has 0 spiro atoms. The van der Waals surface area contributed by atoms with Crippen LogP contribution >= 0.6 is 0 Å². The van der Waals surface area contributed by atoms with Gasteiger partial charge in [0.2, 0.25) is 0 Å². The van der Waals surface area contributed by atoms with Crippen LogP contribution in [0.25, 0.3) is 0 Å². The van der Waals surface area contributed by atoms with E-state index in [1.54, 1.807) is 0 Å². The van der Waals surface area contributed by atoms with Gasteiger partial charge in [-0.15, -0.1) is 0 Å². The predicted molar refractivity (Wildman–Crippen MR) is 27.5 cm³/mol. The highest BCUT2D eigenvalue weighted by molar-refractivity contribution is 6.14. The summed E-state index contributed by atoms with van der Waals surface area (Å²) in [5.74, 6) is 0. The summed E-state index contributed by atoms with van der Waals surface area (Å²) in [7, 11) is 0. The van der Waals surface area contributed by atoms with Gasteiger partial charge in [-0.25, -0.2) is 0 Å². The normalized spacial score (nSPS) is 8.67. The van der Waals surface area contributed by atoms with E-state index in [0.29, 0.717) is 0 Å². The maximum atomic E-state index is 6.38. The van der Waals surface area contributed by atoms with Gasteiger partial charge in [-0.05, 0) is 0 Å². The largest absolute Gasteiger partial charge is 0.307 e. The molecule has 0 aromatic heterocycles. The summed E-state index contributed by atoms with van der Waals surface area (Å²) in [5, 5.41) is 6.38. The fraction of sp³-hybridized carbons (Fsp3) is 0. The van der Waals surface area contributed by atoms with E-state index in [2.05, 4.69) is 11.6 Å². The van der Waals surface area contributed by atoms with Crippen molar-refractivity contribution in [2.45, 2.75) is 0 Å². The van der Waals surface area contributed by atoms with Gasteiger partial charge >= 0.3 is 0 Å². The molecule has 0 saturated carbocycles. The number of nitrogens with one attached hydrogen (secondary N) is 1. The summed E-state index contributed by atoms with van der Waals surface area (Å²) in [4.78, 5) is 3.49. The molecule has 0 aliphatic heterocycles. The molecular formula is C4H6N2. The Labute approximate surface area is 36.7 Å². The van der Waals surface area contributed by atoms with Crippen LogP contribution in [-0.4, -0.2) is 12.4 Å². The highest BCUT2D eigenvalue weighted by atomic mass is 14.7. The van der Waals surface area contributed by atoms with E-state index in [1.807, 2.05) is 0 Å². The maximum Gasteiger partial charge on any atom is 0.0443 e. The minimum absolute atomic E-state index is 1.10.